The van der Waals surface area contributed by atoms with Gasteiger partial charge in [0.2, 0.25) is 15.9 Å². The molecule has 1 atom stereocenters. The van der Waals surface area contributed by atoms with Crippen molar-refractivity contribution in [2.75, 3.05) is 26.3 Å². The first-order chi connectivity index (χ1) is 18.5. The van der Waals surface area contributed by atoms with Crippen LogP contribution in [0.25, 0.3) is 5.69 Å². The first-order valence-electron chi connectivity index (χ1n) is 12.5. The Morgan fingerprint density at radius 2 is 1.85 bits per heavy atom. The summed E-state index contributed by atoms with van der Waals surface area (Å²) in [5, 5.41) is 16.0. The molecule has 2 aromatic carbocycles. The van der Waals surface area contributed by atoms with Crippen molar-refractivity contribution in [1.29, 1.82) is 0 Å². The van der Waals surface area contributed by atoms with E-state index in [1.807, 2.05) is 26.0 Å². The minimum atomic E-state index is -4.20. The highest BCUT2D eigenvalue weighted by Gasteiger charge is 2.30. The van der Waals surface area contributed by atoms with Crippen LogP contribution in [-0.4, -0.2) is 66.3 Å². The van der Waals surface area contributed by atoms with Gasteiger partial charge in [-0.2, -0.15) is 9.78 Å². The lowest BCUT2D eigenvalue weighted by Gasteiger charge is -2.26. The summed E-state index contributed by atoms with van der Waals surface area (Å²) in [6, 6.07) is 10.3. The van der Waals surface area contributed by atoms with Crippen molar-refractivity contribution in [3.05, 3.63) is 69.4 Å². The van der Waals surface area contributed by atoms with Crippen molar-refractivity contribution in [3.63, 3.8) is 0 Å². The summed E-state index contributed by atoms with van der Waals surface area (Å²) < 4.78 is 42.0. The molecule has 1 aromatic heterocycles. The van der Waals surface area contributed by atoms with Crippen molar-refractivity contribution in [2.24, 2.45) is 0 Å². The lowest BCUT2D eigenvalue weighted by molar-refractivity contribution is -0.385. The topological polar surface area (TPSA) is 146 Å². The number of non-ortho nitro benzene ring substituents is 1. The second-order valence-electron chi connectivity index (χ2n) is 9.35. The van der Waals surface area contributed by atoms with Crippen molar-refractivity contribution < 1.29 is 27.6 Å². The molecule has 0 spiro atoms. The number of nitrogens with one attached hydrogen (secondary N) is 1. The van der Waals surface area contributed by atoms with E-state index in [0.29, 0.717) is 44.0 Å². The average Bonchev–Trinajstić information content (AvgIpc) is 3.24. The molecule has 1 fully saturated rings. The number of sulfonamides is 1. The van der Waals surface area contributed by atoms with Crippen LogP contribution in [-0.2, 0) is 14.8 Å². The van der Waals surface area contributed by atoms with Crippen molar-refractivity contribution in [3.8, 4) is 17.3 Å². The van der Waals surface area contributed by atoms with E-state index in [-0.39, 0.29) is 23.2 Å². The highest BCUT2D eigenvalue weighted by molar-refractivity contribution is 7.89. The summed E-state index contributed by atoms with van der Waals surface area (Å²) in [5.41, 5.74) is 1.73. The number of rotatable bonds is 9. The van der Waals surface area contributed by atoms with Gasteiger partial charge in [0, 0.05) is 36.8 Å². The van der Waals surface area contributed by atoms with Gasteiger partial charge in [0.25, 0.3) is 11.6 Å². The van der Waals surface area contributed by atoms with Crippen LogP contribution in [0.4, 0.5) is 5.69 Å². The third kappa shape index (κ3) is 6.10. The summed E-state index contributed by atoms with van der Waals surface area (Å²) >= 11 is 0. The standard InChI is InChI=1S/C26H31N5O7S/c1-5-18(3)28-39(35,36)23-16-21(31(33)34)10-11-22(23)38-26-19(4)24(25(32)29-12-14-37-15-13-29)27-30(26)20-8-6-17(2)7-9-20/h6-11,16,18,28H,5,12-15H2,1-4H3/t18-/m0/s1. The van der Waals surface area contributed by atoms with E-state index in [2.05, 4.69) is 9.82 Å². The first kappa shape index (κ1) is 28.2. The molecule has 1 aliphatic rings. The first-order valence-corrected chi connectivity index (χ1v) is 14.0. The molecule has 2 heterocycles. The second kappa shape index (κ2) is 11.5. The summed E-state index contributed by atoms with van der Waals surface area (Å²) in [4.78, 5) is 25.4. The fraction of sp³-hybridized carbons (Fsp3) is 0.385. The highest BCUT2D eigenvalue weighted by atomic mass is 32.2. The van der Waals surface area contributed by atoms with Gasteiger partial charge in [-0.15, -0.1) is 0 Å². The van der Waals surface area contributed by atoms with Crippen LogP contribution < -0.4 is 9.46 Å². The third-order valence-corrected chi connectivity index (χ3v) is 8.06. The molecule has 1 aliphatic heterocycles. The van der Waals surface area contributed by atoms with Gasteiger partial charge in [0.1, 0.15) is 10.6 Å². The van der Waals surface area contributed by atoms with E-state index in [0.717, 1.165) is 11.6 Å². The van der Waals surface area contributed by atoms with Crippen molar-refractivity contribution in [1.82, 2.24) is 19.4 Å². The predicted molar refractivity (Wildman–Crippen MR) is 143 cm³/mol. The highest BCUT2D eigenvalue weighted by Crippen LogP contribution is 2.36. The average molecular weight is 558 g/mol. The zero-order valence-electron chi connectivity index (χ0n) is 22.2. The van der Waals surface area contributed by atoms with Gasteiger partial charge in [-0.05, 0) is 45.4 Å². The molecule has 4 rings (SSSR count). The molecule has 12 nitrogen and oxygen atoms in total. The van der Waals surface area contributed by atoms with Gasteiger partial charge in [-0.25, -0.2) is 13.1 Å². The zero-order chi connectivity index (χ0) is 28.3. The molecule has 0 unspecified atom stereocenters. The molecule has 0 radical (unpaired) electrons. The number of hydrogen-bond acceptors (Lipinski definition) is 8. The Kier molecular flexibility index (Phi) is 8.33. The summed E-state index contributed by atoms with van der Waals surface area (Å²) in [7, 11) is -4.20. The van der Waals surface area contributed by atoms with Crippen LogP contribution in [0, 0.1) is 24.0 Å². The molecular weight excluding hydrogens is 526 g/mol. The number of nitrogens with zero attached hydrogens (tertiary/aromatic N) is 4. The molecule has 208 valence electrons. The third-order valence-electron chi connectivity index (χ3n) is 6.45. The number of amides is 1. The van der Waals surface area contributed by atoms with Gasteiger partial charge in [-0.1, -0.05) is 24.6 Å². The number of carbonyl (C=O) groups is 1. The molecule has 1 saturated heterocycles. The van der Waals surface area contributed by atoms with E-state index < -0.39 is 31.6 Å². The molecule has 3 aromatic rings. The van der Waals surface area contributed by atoms with Gasteiger partial charge < -0.3 is 14.4 Å². The van der Waals surface area contributed by atoms with E-state index in [1.165, 1.54) is 16.8 Å². The lowest BCUT2D eigenvalue weighted by atomic mass is 10.2. The number of aryl methyl sites for hydroxylation is 1. The minimum absolute atomic E-state index is 0.115. The fourth-order valence-electron chi connectivity index (χ4n) is 4.00. The fourth-order valence-corrected chi connectivity index (χ4v) is 5.47. The molecule has 0 aliphatic carbocycles. The van der Waals surface area contributed by atoms with Crippen molar-refractivity contribution >= 4 is 21.6 Å². The number of benzene rings is 2. The Labute approximate surface area is 226 Å². The van der Waals surface area contributed by atoms with Gasteiger partial charge in [0.05, 0.1) is 23.8 Å². The molecule has 0 saturated carbocycles. The Bertz CT molecular complexity index is 1480. The van der Waals surface area contributed by atoms with E-state index in [4.69, 9.17) is 9.47 Å². The maximum Gasteiger partial charge on any atom is 0.274 e. The largest absolute Gasteiger partial charge is 0.437 e. The van der Waals surface area contributed by atoms with E-state index in [1.54, 1.807) is 30.9 Å². The molecule has 0 bridgehead atoms. The smallest absolute Gasteiger partial charge is 0.274 e. The number of aromatic nitrogens is 2. The molecular formula is C26H31N5O7S. The summed E-state index contributed by atoms with van der Waals surface area (Å²) in [6.07, 6.45) is 0.511. The van der Waals surface area contributed by atoms with Crippen LogP contribution in [0.15, 0.2) is 47.4 Å². The SMILES string of the molecule is CC[C@H](C)NS(=O)(=O)c1cc([N+](=O)[O-])ccc1Oc1c(C)c(C(=O)N2CCOCC2)nn1-c1ccc(C)cc1. The minimum Gasteiger partial charge on any atom is -0.437 e. The van der Waals surface area contributed by atoms with Crippen molar-refractivity contribution in [2.45, 2.75) is 45.1 Å². The maximum atomic E-state index is 13.4. The van der Waals surface area contributed by atoms with Gasteiger partial charge in [0.15, 0.2) is 5.69 Å². The van der Waals surface area contributed by atoms with Gasteiger partial charge >= 0.3 is 0 Å². The summed E-state index contributed by atoms with van der Waals surface area (Å²) in [5.74, 6) is -0.330. The van der Waals surface area contributed by atoms with Crippen LogP contribution >= 0.6 is 0 Å². The second-order valence-corrected chi connectivity index (χ2v) is 11.0. The zero-order valence-corrected chi connectivity index (χ0v) is 23.0. The Hall–Kier alpha value is -3.81. The quantitative estimate of drug-likeness (QED) is 0.309. The molecule has 39 heavy (non-hydrogen) atoms. The number of nitro benzene ring substituents is 1. The summed E-state index contributed by atoms with van der Waals surface area (Å²) in [6.45, 7) is 8.76. The number of carbonyl (C=O) groups excluding carboxylic acids is 1. The number of ether oxygens (including phenoxy) is 2. The van der Waals surface area contributed by atoms with E-state index >= 15 is 0 Å². The number of nitro groups is 1. The maximum absolute atomic E-state index is 13.4. The molecule has 13 heteroatoms. The monoisotopic (exact) mass is 557 g/mol. The number of hydrogen-bond donors (Lipinski definition) is 1. The van der Waals surface area contributed by atoms with Crippen LogP contribution in [0.2, 0.25) is 0 Å². The van der Waals surface area contributed by atoms with E-state index in [9.17, 15) is 23.3 Å². The van der Waals surface area contributed by atoms with Crippen LogP contribution in [0.3, 0.4) is 0 Å². The van der Waals surface area contributed by atoms with Gasteiger partial charge in [-0.3, -0.25) is 14.9 Å². The Morgan fingerprint density at radius 1 is 1.18 bits per heavy atom. The Balaban J connectivity index is 1.85. The Morgan fingerprint density at radius 3 is 2.46 bits per heavy atom. The lowest BCUT2D eigenvalue weighted by Crippen LogP contribution is -2.41. The van der Waals surface area contributed by atoms with Crippen LogP contribution in [0.5, 0.6) is 11.6 Å². The van der Waals surface area contributed by atoms with Crippen LogP contribution in [0.1, 0.15) is 41.9 Å². The predicted octanol–water partition coefficient (Wildman–Crippen LogP) is 3.74. The normalized spacial score (nSPS) is 14.7. The molecule has 1 N–H and O–H groups in total. The number of morpholine rings is 1. The molecule has 1 amide bonds.